The smallest absolute Gasteiger partial charge is 0.227 e. The van der Waals surface area contributed by atoms with Crippen LogP contribution in [0.2, 0.25) is 0 Å². The van der Waals surface area contributed by atoms with Crippen molar-refractivity contribution in [1.29, 1.82) is 0 Å². The highest BCUT2D eigenvalue weighted by Gasteiger charge is 2.20. The number of pyridine rings is 3. The first kappa shape index (κ1) is 34.3. The number of hydrogen-bond acceptors (Lipinski definition) is 7. The Bertz CT molecular complexity index is 3710. The number of fused-ring (bicyclic) bond motifs is 11. The zero-order valence-electron chi connectivity index (χ0n) is 33.0. The van der Waals surface area contributed by atoms with E-state index >= 15 is 0 Å². The van der Waals surface area contributed by atoms with E-state index in [-0.39, 0.29) is 0 Å². The van der Waals surface area contributed by atoms with E-state index in [0.717, 1.165) is 116 Å². The van der Waals surface area contributed by atoms with Crippen molar-refractivity contribution in [2.45, 2.75) is 0 Å². The zero-order chi connectivity index (χ0) is 40.7. The second-order valence-corrected chi connectivity index (χ2v) is 15.6. The second-order valence-electron chi connectivity index (χ2n) is 15.6. The summed E-state index contributed by atoms with van der Waals surface area (Å²) in [5.41, 5.74) is 13.9. The van der Waals surface area contributed by atoms with E-state index < -0.39 is 0 Å². The molecule has 0 aliphatic heterocycles. The third-order valence-electron chi connectivity index (χ3n) is 11.9. The molecule has 0 saturated heterocycles. The van der Waals surface area contributed by atoms with Crippen LogP contribution >= 0.6 is 0 Å². The fourth-order valence-electron chi connectivity index (χ4n) is 8.94. The molecular formula is C55H32N4O3. The number of rotatable bonds is 6. The van der Waals surface area contributed by atoms with Crippen LogP contribution in [0.3, 0.4) is 0 Å². The molecule has 6 aromatic heterocycles. The molecule has 0 radical (unpaired) electrons. The van der Waals surface area contributed by atoms with Crippen LogP contribution in [0.15, 0.2) is 207 Å². The first-order valence-corrected chi connectivity index (χ1v) is 20.6. The predicted octanol–water partition coefficient (Wildman–Crippen LogP) is 15.2. The summed E-state index contributed by atoms with van der Waals surface area (Å²) in [5.74, 6) is 0. The van der Waals surface area contributed by atoms with Gasteiger partial charge in [-0.05, 0) is 84.9 Å². The summed E-state index contributed by atoms with van der Waals surface area (Å²) in [4.78, 5) is 17.3. The Kier molecular flexibility index (Phi) is 7.47. The molecule has 0 saturated carbocycles. The van der Waals surface area contributed by atoms with Crippen molar-refractivity contribution < 1.29 is 13.3 Å². The molecule has 7 nitrogen and oxygen atoms in total. The van der Waals surface area contributed by atoms with Crippen molar-refractivity contribution >= 4 is 94.0 Å². The van der Waals surface area contributed by atoms with Gasteiger partial charge < -0.3 is 18.2 Å². The van der Waals surface area contributed by atoms with Gasteiger partial charge in [-0.15, -0.1) is 0 Å². The van der Waals surface area contributed by atoms with Crippen molar-refractivity contribution in [2.75, 3.05) is 4.90 Å². The maximum atomic E-state index is 6.54. The Morgan fingerprint density at radius 2 is 0.758 bits per heavy atom. The molecular weight excluding hydrogens is 765 g/mol. The van der Waals surface area contributed by atoms with Gasteiger partial charge in [0.1, 0.15) is 22.4 Å². The number of anilines is 3. The quantitative estimate of drug-likeness (QED) is 0.166. The zero-order valence-corrected chi connectivity index (χ0v) is 33.0. The van der Waals surface area contributed by atoms with E-state index in [4.69, 9.17) is 28.2 Å². The first-order chi connectivity index (χ1) is 30.7. The van der Waals surface area contributed by atoms with Crippen LogP contribution in [0.4, 0.5) is 17.1 Å². The number of hydrogen-bond donors (Lipinski definition) is 0. The highest BCUT2D eigenvalue weighted by Crippen LogP contribution is 2.42. The molecule has 13 aromatic rings. The van der Waals surface area contributed by atoms with Gasteiger partial charge in [-0.25, -0.2) is 15.0 Å². The van der Waals surface area contributed by atoms with Crippen LogP contribution in [0, 0.1) is 0 Å². The minimum atomic E-state index is 0.629. The summed E-state index contributed by atoms with van der Waals surface area (Å²) in [5, 5.41) is 7.37. The van der Waals surface area contributed by atoms with Crippen LogP contribution in [0.25, 0.3) is 111 Å². The Morgan fingerprint density at radius 3 is 1.29 bits per heavy atom. The first-order valence-electron chi connectivity index (χ1n) is 20.6. The molecule has 0 fully saturated rings. The van der Waals surface area contributed by atoms with Crippen molar-refractivity contribution in [2.24, 2.45) is 0 Å². The summed E-state index contributed by atoms with van der Waals surface area (Å²) in [6, 6.07) is 66.5. The van der Waals surface area contributed by atoms with Gasteiger partial charge in [0.15, 0.2) is 5.58 Å². The van der Waals surface area contributed by atoms with Gasteiger partial charge in [-0.2, -0.15) is 0 Å². The third kappa shape index (κ3) is 5.42. The molecule has 7 aromatic carbocycles. The molecule has 0 aliphatic rings. The van der Waals surface area contributed by atoms with E-state index in [1.165, 1.54) is 0 Å². The molecule has 0 bridgehead atoms. The monoisotopic (exact) mass is 796 g/mol. The van der Waals surface area contributed by atoms with E-state index in [9.17, 15) is 0 Å². The number of para-hydroxylation sites is 4. The molecule has 290 valence electrons. The lowest BCUT2D eigenvalue weighted by Gasteiger charge is -2.26. The number of nitrogens with zero attached hydrogens (tertiary/aromatic N) is 4. The molecule has 13 rings (SSSR count). The van der Waals surface area contributed by atoms with E-state index in [0.29, 0.717) is 11.4 Å². The number of aromatic nitrogens is 3. The lowest BCUT2D eigenvalue weighted by atomic mass is 10.0. The van der Waals surface area contributed by atoms with Crippen LogP contribution in [0.5, 0.6) is 0 Å². The van der Waals surface area contributed by atoms with Crippen LogP contribution in [-0.4, -0.2) is 15.0 Å². The van der Waals surface area contributed by atoms with E-state index in [1.807, 2.05) is 54.6 Å². The third-order valence-corrected chi connectivity index (χ3v) is 11.9. The SMILES string of the molecule is c1ccc2c(c1)nc(-c1ccc(N(c3ccc(-c4ccc5c(n4)oc4ccccc45)cc3)c3ccc(-c4ccc5c(n4)oc4ccccc45)cc3)cc1)c1oc3ccccc3c12. The molecule has 62 heavy (non-hydrogen) atoms. The topological polar surface area (TPSA) is 81.3 Å². The summed E-state index contributed by atoms with van der Waals surface area (Å²) in [7, 11) is 0. The van der Waals surface area contributed by atoms with E-state index in [2.05, 4.69) is 144 Å². The normalized spacial score (nSPS) is 11.9. The minimum Gasteiger partial charge on any atom is -0.454 e. The molecule has 0 atom stereocenters. The average molecular weight is 797 g/mol. The summed E-state index contributed by atoms with van der Waals surface area (Å²) in [6.45, 7) is 0. The fourth-order valence-corrected chi connectivity index (χ4v) is 8.94. The lowest BCUT2D eigenvalue weighted by Crippen LogP contribution is -2.10. The summed E-state index contributed by atoms with van der Waals surface area (Å²) < 4.78 is 18.8. The van der Waals surface area contributed by atoms with Gasteiger partial charge in [-0.3, -0.25) is 0 Å². The second kappa shape index (κ2) is 13.5. The molecule has 0 amide bonds. The van der Waals surface area contributed by atoms with Gasteiger partial charge in [-0.1, -0.05) is 109 Å². The maximum Gasteiger partial charge on any atom is 0.227 e. The number of furan rings is 3. The Morgan fingerprint density at radius 1 is 0.323 bits per heavy atom. The molecule has 6 heterocycles. The molecule has 0 aliphatic carbocycles. The Hall–Kier alpha value is -8.55. The van der Waals surface area contributed by atoms with Crippen molar-refractivity contribution in [3.05, 3.63) is 194 Å². The predicted molar refractivity (Wildman–Crippen MR) is 250 cm³/mol. The molecule has 0 spiro atoms. The maximum absolute atomic E-state index is 6.54. The largest absolute Gasteiger partial charge is 0.454 e. The Labute approximate surface area is 353 Å². The molecule has 0 unspecified atom stereocenters. The van der Waals surface area contributed by atoms with Crippen LogP contribution in [0.1, 0.15) is 0 Å². The van der Waals surface area contributed by atoms with Gasteiger partial charge in [0.05, 0.1) is 16.9 Å². The van der Waals surface area contributed by atoms with Gasteiger partial charge >= 0.3 is 0 Å². The van der Waals surface area contributed by atoms with Crippen molar-refractivity contribution in [3.63, 3.8) is 0 Å². The Balaban J connectivity index is 0.903. The standard InChI is InChI=1S/C55H32N4O3/c1-5-13-47-43(11-1)51-44-12-4-8-16-50(44)60-53(51)52(56-47)35-21-27-38(28-22-35)59(36-23-17-33(18-24-36)45-31-29-41-39-9-2-6-14-48(39)61-54(41)57-45)37-25-19-34(20-26-37)46-32-30-42-40-10-3-7-15-49(40)62-55(42)58-46/h1-32H. The summed E-state index contributed by atoms with van der Waals surface area (Å²) >= 11 is 0. The van der Waals surface area contributed by atoms with Gasteiger partial charge in [0.2, 0.25) is 11.4 Å². The van der Waals surface area contributed by atoms with Crippen molar-refractivity contribution in [3.8, 4) is 33.8 Å². The van der Waals surface area contributed by atoms with Crippen LogP contribution in [-0.2, 0) is 0 Å². The van der Waals surface area contributed by atoms with Crippen molar-refractivity contribution in [1.82, 2.24) is 15.0 Å². The minimum absolute atomic E-state index is 0.629. The lowest BCUT2D eigenvalue weighted by molar-refractivity contribution is 0.654. The molecule has 0 N–H and O–H groups in total. The highest BCUT2D eigenvalue weighted by molar-refractivity contribution is 6.20. The van der Waals surface area contributed by atoms with Crippen LogP contribution < -0.4 is 4.90 Å². The highest BCUT2D eigenvalue weighted by atomic mass is 16.3. The van der Waals surface area contributed by atoms with Gasteiger partial charge in [0, 0.05) is 71.5 Å². The van der Waals surface area contributed by atoms with Gasteiger partial charge in [0.25, 0.3) is 0 Å². The average Bonchev–Trinajstić information content (AvgIpc) is 4.03. The summed E-state index contributed by atoms with van der Waals surface area (Å²) in [6.07, 6.45) is 0. The fraction of sp³-hybridized carbons (Fsp3) is 0. The van der Waals surface area contributed by atoms with E-state index in [1.54, 1.807) is 0 Å². The number of benzene rings is 7. The molecule has 7 heteroatoms.